The third-order valence-corrected chi connectivity index (χ3v) is 6.89. The fourth-order valence-corrected chi connectivity index (χ4v) is 4.78. The molecule has 5 rings (SSSR count). The number of nitrogens with zero attached hydrogens (tertiary/aromatic N) is 8. The topological polar surface area (TPSA) is 189 Å². The molecule has 0 radical (unpaired) electrons. The van der Waals surface area contributed by atoms with E-state index < -0.39 is 0 Å². The van der Waals surface area contributed by atoms with Crippen LogP contribution in [0.5, 0.6) is 0 Å². The summed E-state index contributed by atoms with van der Waals surface area (Å²) in [6, 6.07) is 4.18. The lowest BCUT2D eigenvalue weighted by molar-refractivity contribution is 0.589. The zero-order valence-corrected chi connectivity index (χ0v) is 26.1. The Morgan fingerprint density at radius 1 is 0.929 bits per heavy atom. The quantitative estimate of drug-likeness (QED) is 0.0617. The van der Waals surface area contributed by atoms with Crippen molar-refractivity contribution in [2.24, 2.45) is 5.11 Å². The molecule has 0 saturated carbocycles. The Morgan fingerprint density at radius 3 is 2.07 bits per heavy atom. The van der Waals surface area contributed by atoms with Crippen molar-refractivity contribution in [3.05, 3.63) is 90.9 Å². The van der Waals surface area contributed by atoms with Crippen LogP contribution in [0.4, 0.5) is 11.9 Å². The predicted molar refractivity (Wildman–Crippen MR) is 175 cm³/mol. The van der Waals surface area contributed by atoms with Crippen LogP contribution in [0.25, 0.3) is 10.4 Å². The third kappa shape index (κ3) is 14.1. The first-order valence-electron chi connectivity index (χ1n) is 12.5. The molecule has 6 N–H and O–H groups in total. The van der Waals surface area contributed by atoms with Gasteiger partial charge in [-0.25, -0.2) is 9.97 Å². The lowest BCUT2D eigenvalue weighted by atomic mass is 10.2. The molecule has 0 unspecified atom stereocenters. The fourth-order valence-electron chi connectivity index (χ4n) is 3.38. The number of aromatic amines is 2. The second-order valence-electron chi connectivity index (χ2n) is 8.48. The first kappa shape index (κ1) is 36.0. The Bertz CT molecular complexity index is 1460. The lowest BCUT2D eigenvalue weighted by Crippen LogP contribution is -2.01. The van der Waals surface area contributed by atoms with Crippen LogP contribution >= 0.6 is 47.5 Å². The minimum atomic E-state index is 0. The van der Waals surface area contributed by atoms with Crippen molar-refractivity contribution in [1.29, 1.82) is 0 Å². The van der Waals surface area contributed by atoms with Gasteiger partial charge in [0, 0.05) is 48.4 Å². The van der Waals surface area contributed by atoms with Crippen molar-refractivity contribution in [1.82, 2.24) is 34.9 Å². The van der Waals surface area contributed by atoms with Gasteiger partial charge in [0.2, 0.25) is 0 Å². The van der Waals surface area contributed by atoms with Crippen LogP contribution < -0.4 is 11.5 Å². The minimum Gasteiger partial charge on any atom is -0.369 e. The molecule has 0 spiro atoms. The first-order valence-corrected chi connectivity index (χ1v) is 14.4. The van der Waals surface area contributed by atoms with Crippen molar-refractivity contribution in [2.45, 2.75) is 45.1 Å². The van der Waals surface area contributed by atoms with E-state index >= 15 is 0 Å². The number of halogens is 2. The maximum Gasteiger partial charge on any atom is 0.197 e. The average Bonchev–Trinajstić information content (AvgIpc) is 3.78. The molecule has 224 valence electrons. The summed E-state index contributed by atoms with van der Waals surface area (Å²) in [6.07, 6.45) is 15.6. The molecule has 5 aromatic heterocycles. The number of nitrogens with one attached hydrogen (secondary N) is 2. The van der Waals surface area contributed by atoms with Crippen LogP contribution in [0.15, 0.2) is 57.4 Å². The monoisotopic (exact) mass is 648 g/mol. The van der Waals surface area contributed by atoms with Gasteiger partial charge in [0.25, 0.3) is 0 Å². The molecule has 0 fully saturated rings. The number of aromatic nitrogens is 7. The standard InChI is InChI=1S/C13H16N6S.C7H9N3.C6H7N3S.2ClH/c14-13-15-7-11(16-13)1-2-12-8-19(18-17-12)5-3-10-4-6-20-9-10;1-2-3-4-6-5-9-7(8)10-6;7-9-8-3-1-6-2-4-10-5-6;;/h4,6-9H,1-3,5H2,(H3,14,15,16);1,5H,3-4H2,(H3,8,9,10);2,4-5H,1,3H2;2*1H. The molecule has 0 bridgehead atoms. The highest BCUT2D eigenvalue weighted by molar-refractivity contribution is 7.08. The van der Waals surface area contributed by atoms with E-state index in [1.54, 1.807) is 35.1 Å². The molecule has 0 saturated heterocycles. The van der Waals surface area contributed by atoms with Crippen molar-refractivity contribution in [3.63, 3.8) is 0 Å². The van der Waals surface area contributed by atoms with Gasteiger partial charge in [-0.15, -0.1) is 42.3 Å². The van der Waals surface area contributed by atoms with Gasteiger partial charge in [-0.3, -0.25) is 4.68 Å². The van der Waals surface area contributed by atoms with Crippen molar-refractivity contribution >= 4 is 59.4 Å². The maximum atomic E-state index is 7.96. The summed E-state index contributed by atoms with van der Waals surface area (Å²) in [5.74, 6) is 3.45. The lowest BCUT2D eigenvalue weighted by Gasteiger charge is -1.97. The molecule has 42 heavy (non-hydrogen) atoms. The molecule has 5 aromatic rings. The molecule has 12 nitrogen and oxygen atoms in total. The molecule has 0 aliphatic rings. The fraction of sp³-hybridized carbons (Fsp3) is 0.308. The molecule has 0 amide bonds. The van der Waals surface area contributed by atoms with Crippen LogP contribution in [0, 0.1) is 12.3 Å². The summed E-state index contributed by atoms with van der Waals surface area (Å²) in [7, 11) is 0. The molecule has 0 aliphatic heterocycles. The van der Waals surface area contributed by atoms with E-state index in [9.17, 15) is 0 Å². The van der Waals surface area contributed by atoms with Gasteiger partial charge in [0.15, 0.2) is 11.9 Å². The predicted octanol–water partition coefficient (Wildman–Crippen LogP) is 5.68. The molecule has 0 atom stereocenters. The number of terminal acetylenes is 1. The second-order valence-corrected chi connectivity index (χ2v) is 10.0. The highest BCUT2D eigenvalue weighted by Gasteiger charge is 2.04. The summed E-state index contributed by atoms with van der Waals surface area (Å²) in [5.41, 5.74) is 24.4. The number of azide groups is 1. The zero-order chi connectivity index (χ0) is 28.4. The third-order valence-electron chi connectivity index (χ3n) is 5.42. The number of nitrogen functional groups attached to an aromatic ring is 2. The van der Waals surface area contributed by atoms with Crippen LogP contribution in [-0.4, -0.2) is 41.5 Å². The Hall–Kier alpha value is -3.99. The first-order chi connectivity index (χ1) is 19.6. The molecular weight excluding hydrogens is 615 g/mol. The van der Waals surface area contributed by atoms with Crippen molar-refractivity contribution in [3.8, 4) is 12.3 Å². The largest absolute Gasteiger partial charge is 0.369 e. The summed E-state index contributed by atoms with van der Waals surface area (Å²) < 4.78 is 1.90. The Balaban J connectivity index is 0.000000341. The number of anilines is 2. The van der Waals surface area contributed by atoms with Crippen molar-refractivity contribution < 1.29 is 0 Å². The van der Waals surface area contributed by atoms with Gasteiger partial charge in [-0.1, -0.05) is 10.3 Å². The highest BCUT2D eigenvalue weighted by atomic mass is 35.5. The smallest absolute Gasteiger partial charge is 0.197 e. The van der Waals surface area contributed by atoms with E-state index in [-0.39, 0.29) is 24.8 Å². The van der Waals surface area contributed by atoms with E-state index in [2.05, 4.69) is 68.4 Å². The van der Waals surface area contributed by atoms with Gasteiger partial charge in [-0.2, -0.15) is 22.7 Å². The summed E-state index contributed by atoms with van der Waals surface area (Å²) in [4.78, 5) is 16.4. The molecule has 0 aliphatic carbocycles. The molecule has 16 heteroatoms. The Kier molecular flexibility index (Phi) is 17.9. The minimum absolute atomic E-state index is 0. The molecule has 0 aromatic carbocycles. The number of hydrogen-bond acceptors (Lipinski definition) is 9. The zero-order valence-electron chi connectivity index (χ0n) is 22.8. The van der Waals surface area contributed by atoms with E-state index in [1.165, 1.54) is 11.1 Å². The highest BCUT2D eigenvalue weighted by Crippen LogP contribution is 2.09. The van der Waals surface area contributed by atoms with E-state index in [4.69, 9.17) is 23.4 Å². The second kappa shape index (κ2) is 20.8. The summed E-state index contributed by atoms with van der Waals surface area (Å²) in [5, 5.41) is 20.1. The summed E-state index contributed by atoms with van der Waals surface area (Å²) >= 11 is 3.39. The van der Waals surface area contributed by atoms with Crippen molar-refractivity contribution in [2.75, 3.05) is 18.0 Å². The van der Waals surface area contributed by atoms with Crippen LogP contribution in [0.2, 0.25) is 0 Å². The number of rotatable bonds is 11. The van der Waals surface area contributed by atoms with Crippen LogP contribution in [0.1, 0.15) is 34.6 Å². The number of aryl methyl sites for hydroxylation is 5. The number of nitrogens with two attached hydrogens (primary N) is 2. The SMILES string of the molecule is C#CCCc1cnc(N)[nH]1.Cl.Cl.Nc1ncc(CCc2cn(CCc3ccsc3)nn2)[nH]1.[N-]=[N+]=NCCc1ccsc1. The maximum absolute atomic E-state index is 7.96. The van der Waals surface area contributed by atoms with Crippen LogP contribution in [0.3, 0.4) is 0 Å². The van der Waals surface area contributed by atoms with Gasteiger partial charge in [0.1, 0.15) is 0 Å². The molecule has 5 heterocycles. The van der Waals surface area contributed by atoms with Crippen LogP contribution in [-0.2, 0) is 38.6 Å². The van der Waals surface area contributed by atoms with Gasteiger partial charge in [0.05, 0.1) is 18.1 Å². The van der Waals surface area contributed by atoms with E-state index in [0.717, 1.165) is 62.2 Å². The van der Waals surface area contributed by atoms with Gasteiger partial charge in [-0.05, 0) is 76.0 Å². The van der Waals surface area contributed by atoms with E-state index in [0.29, 0.717) is 18.4 Å². The number of hydrogen-bond donors (Lipinski definition) is 4. The number of imidazole rings is 2. The Labute approximate surface area is 264 Å². The number of thiophene rings is 2. The van der Waals surface area contributed by atoms with Gasteiger partial charge >= 0.3 is 0 Å². The average molecular weight is 650 g/mol. The normalized spacial score (nSPS) is 9.50. The van der Waals surface area contributed by atoms with E-state index in [1.807, 2.05) is 22.3 Å². The number of H-pyrrole nitrogens is 2. The Morgan fingerprint density at radius 2 is 1.55 bits per heavy atom. The summed E-state index contributed by atoms with van der Waals surface area (Å²) in [6.45, 7) is 1.42. The van der Waals surface area contributed by atoms with Gasteiger partial charge < -0.3 is 21.4 Å². The molecular formula is C26H34Cl2N12S2.